The number of rotatable bonds is 3. The summed E-state index contributed by atoms with van der Waals surface area (Å²) >= 11 is 2.67. The standard InChI is InChI=1S/C11H22NO5SeSi/c1-6(18)12-8-9(14)11(16,19(2,3)4)7(5-13)17-10(8)15/h7-10,13-16H,5H2,1-4H3/t7-,8+,9-,10?,11+/m1/s1. The Balaban J connectivity index is 3.23. The molecule has 8 heteroatoms. The van der Waals surface area contributed by atoms with Gasteiger partial charge in [-0.2, -0.15) is 0 Å². The van der Waals surface area contributed by atoms with E-state index < -0.39 is 44.4 Å². The Morgan fingerprint density at radius 1 is 1.37 bits per heavy atom. The first-order valence-corrected chi connectivity index (χ1v) is 10.5. The van der Waals surface area contributed by atoms with E-state index in [-0.39, 0.29) is 0 Å². The summed E-state index contributed by atoms with van der Waals surface area (Å²) in [5, 5.41) is 39.0. The molecule has 1 rings (SSSR count). The molecule has 5 atom stereocenters. The van der Waals surface area contributed by atoms with Gasteiger partial charge in [-0.05, 0) is 0 Å². The van der Waals surface area contributed by atoms with Crippen molar-refractivity contribution in [2.45, 2.75) is 56.3 Å². The van der Waals surface area contributed by atoms with Crippen LogP contribution in [-0.2, 0) is 4.74 Å². The first-order chi connectivity index (χ1) is 8.55. The summed E-state index contributed by atoms with van der Waals surface area (Å²) < 4.78 is 5.82. The first-order valence-electron chi connectivity index (χ1n) is 6.12. The van der Waals surface area contributed by atoms with Crippen molar-refractivity contribution >= 4 is 28.7 Å². The molecule has 0 saturated carbocycles. The van der Waals surface area contributed by atoms with Gasteiger partial charge in [-0.1, -0.05) is 0 Å². The summed E-state index contributed by atoms with van der Waals surface area (Å²) in [4.78, 5) is 4.09. The van der Waals surface area contributed by atoms with Crippen molar-refractivity contribution in [3.8, 4) is 0 Å². The molecule has 1 unspecified atom stereocenters. The molecule has 0 spiro atoms. The van der Waals surface area contributed by atoms with Crippen molar-refractivity contribution in [1.82, 2.24) is 0 Å². The van der Waals surface area contributed by atoms with Crippen LogP contribution in [0.5, 0.6) is 0 Å². The minimum atomic E-state index is -2.32. The molecule has 0 aromatic heterocycles. The predicted molar refractivity (Wildman–Crippen MR) is 74.9 cm³/mol. The van der Waals surface area contributed by atoms with Gasteiger partial charge in [0.05, 0.1) is 0 Å². The minimum absolute atomic E-state index is 0.470. The fourth-order valence-electron chi connectivity index (χ4n) is 2.41. The van der Waals surface area contributed by atoms with E-state index in [0.29, 0.717) is 4.61 Å². The number of aliphatic imine (C=N–C) groups is 1. The molecule has 1 fully saturated rings. The van der Waals surface area contributed by atoms with Crippen molar-refractivity contribution in [2.75, 3.05) is 6.61 Å². The van der Waals surface area contributed by atoms with Crippen LogP contribution in [-0.4, -0.2) is 85.5 Å². The van der Waals surface area contributed by atoms with Gasteiger partial charge in [-0.15, -0.1) is 0 Å². The molecule has 0 aromatic rings. The van der Waals surface area contributed by atoms with Crippen molar-refractivity contribution in [3.05, 3.63) is 0 Å². The fourth-order valence-corrected chi connectivity index (χ4v) is 4.85. The van der Waals surface area contributed by atoms with Crippen LogP contribution in [0.4, 0.5) is 0 Å². The molecule has 1 radical (unpaired) electrons. The van der Waals surface area contributed by atoms with Crippen molar-refractivity contribution in [3.63, 3.8) is 0 Å². The molecule has 0 bridgehead atoms. The number of ether oxygens (including phenoxy) is 1. The van der Waals surface area contributed by atoms with Crippen LogP contribution in [0.15, 0.2) is 4.99 Å². The maximum atomic E-state index is 10.9. The average Bonchev–Trinajstić information content (AvgIpc) is 2.27. The second-order valence-corrected chi connectivity index (χ2v) is 12.4. The predicted octanol–water partition coefficient (Wildman–Crippen LogP) is -1.38. The summed E-state index contributed by atoms with van der Waals surface area (Å²) in [7, 11) is -2.32. The van der Waals surface area contributed by atoms with E-state index in [2.05, 4.69) is 21.0 Å². The number of hydrogen-bond acceptors (Lipinski definition) is 6. The summed E-state index contributed by atoms with van der Waals surface area (Å²) in [5.74, 6) is 0. The molecule has 19 heavy (non-hydrogen) atoms. The molecule has 0 amide bonds. The molecule has 0 aliphatic carbocycles. The van der Waals surface area contributed by atoms with Crippen LogP contribution in [0.2, 0.25) is 19.6 Å². The van der Waals surface area contributed by atoms with Gasteiger partial charge in [-0.3, -0.25) is 0 Å². The molecule has 1 saturated heterocycles. The Morgan fingerprint density at radius 2 is 1.89 bits per heavy atom. The van der Waals surface area contributed by atoms with Gasteiger partial charge in [-0.25, -0.2) is 0 Å². The van der Waals surface area contributed by atoms with Crippen LogP contribution >= 0.6 is 0 Å². The topological polar surface area (TPSA) is 103 Å². The summed E-state index contributed by atoms with van der Waals surface area (Å²) in [6, 6.07) is -0.972. The van der Waals surface area contributed by atoms with Gasteiger partial charge in [0.15, 0.2) is 0 Å². The van der Waals surface area contributed by atoms with E-state index in [1.807, 2.05) is 19.6 Å². The number of nitrogens with zero attached hydrogens (tertiary/aromatic N) is 1. The second-order valence-electron chi connectivity index (χ2n) is 5.86. The number of aliphatic hydroxyl groups excluding tert-OH is 3. The zero-order valence-corrected chi connectivity index (χ0v) is 14.3. The van der Waals surface area contributed by atoms with Crippen molar-refractivity contribution < 1.29 is 25.2 Å². The normalized spacial score (nSPS) is 41.4. The van der Waals surface area contributed by atoms with Crippen molar-refractivity contribution in [2.24, 2.45) is 4.99 Å². The molecule has 1 aliphatic rings. The first kappa shape index (κ1) is 17.3. The average molecular weight is 355 g/mol. The Hall–Kier alpha value is 0.206. The van der Waals surface area contributed by atoms with Crippen LogP contribution < -0.4 is 0 Å². The van der Waals surface area contributed by atoms with Gasteiger partial charge in [0.2, 0.25) is 0 Å². The third-order valence-corrected chi connectivity index (χ3v) is 6.80. The molecule has 1 heterocycles. The van der Waals surface area contributed by atoms with E-state index in [1.54, 1.807) is 6.92 Å². The molecule has 4 N–H and O–H groups in total. The Kier molecular flexibility index (Phi) is 5.37. The molecule has 1 aliphatic heterocycles. The Labute approximate surface area is 122 Å². The number of hydrogen-bond donors (Lipinski definition) is 4. The summed E-state index contributed by atoms with van der Waals surface area (Å²) in [6.07, 6.45) is -3.66. The van der Waals surface area contributed by atoms with Crippen LogP contribution in [0, 0.1) is 0 Å². The van der Waals surface area contributed by atoms with E-state index in [1.165, 1.54) is 0 Å². The van der Waals surface area contributed by atoms with Gasteiger partial charge in [0.25, 0.3) is 0 Å². The molecule has 0 aromatic carbocycles. The van der Waals surface area contributed by atoms with Gasteiger partial charge in [0.1, 0.15) is 0 Å². The molecular weight excluding hydrogens is 333 g/mol. The van der Waals surface area contributed by atoms with Crippen LogP contribution in [0.1, 0.15) is 6.92 Å². The quantitative estimate of drug-likeness (QED) is 0.369. The van der Waals surface area contributed by atoms with E-state index in [9.17, 15) is 20.4 Å². The third kappa shape index (κ3) is 3.11. The van der Waals surface area contributed by atoms with E-state index in [4.69, 9.17) is 4.74 Å². The Morgan fingerprint density at radius 3 is 2.26 bits per heavy atom. The van der Waals surface area contributed by atoms with Crippen LogP contribution in [0.25, 0.3) is 0 Å². The molecule has 6 nitrogen and oxygen atoms in total. The number of aliphatic hydroxyl groups is 4. The van der Waals surface area contributed by atoms with Crippen molar-refractivity contribution in [1.29, 1.82) is 0 Å². The summed E-state index contributed by atoms with van der Waals surface area (Å²) in [6.45, 7) is 6.82. The van der Waals surface area contributed by atoms with Gasteiger partial charge in [0, 0.05) is 0 Å². The third-order valence-electron chi connectivity index (χ3n) is 3.56. The fraction of sp³-hybridized carbons (Fsp3) is 0.909. The SMILES string of the molecule is CC([Se])=N[C@@H]1C(O)O[C@H](CO)[C@](O)([Si](C)(C)C)[C@@H]1O. The monoisotopic (exact) mass is 356 g/mol. The zero-order valence-electron chi connectivity index (χ0n) is 11.6. The van der Waals surface area contributed by atoms with Crippen LogP contribution in [0.3, 0.4) is 0 Å². The van der Waals surface area contributed by atoms with E-state index >= 15 is 0 Å². The zero-order chi connectivity index (χ0) is 15.0. The second kappa shape index (κ2) is 5.91. The van der Waals surface area contributed by atoms with Gasteiger partial charge < -0.3 is 0 Å². The Bertz CT molecular complexity index is 357. The van der Waals surface area contributed by atoms with E-state index in [0.717, 1.165) is 0 Å². The maximum absolute atomic E-state index is 10.9. The van der Waals surface area contributed by atoms with Gasteiger partial charge >= 0.3 is 122 Å². The molecule has 111 valence electrons. The molecular formula is C11H22NO5SeSi. The summed E-state index contributed by atoms with van der Waals surface area (Å²) in [5.41, 5.74) is 0.